The molecule has 0 saturated carbocycles. The number of hydrogen-bond donors (Lipinski definition) is 2. The Bertz CT molecular complexity index is 1170. The number of carboxylic acids is 1. The molecular weight excluding hydrogens is 471 g/mol. The summed E-state index contributed by atoms with van der Waals surface area (Å²) in [5.74, 6) is 0.0908. The second-order valence-electron chi connectivity index (χ2n) is 10.2. The molecule has 3 aromatic rings. The lowest BCUT2D eigenvalue weighted by Crippen LogP contribution is -2.41. The predicted octanol–water partition coefficient (Wildman–Crippen LogP) is 5.63. The van der Waals surface area contributed by atoms with Gasteiger partial charge in [-0.15, -0.1) is 0 Å². The fourth-order valence-corrected chi connectivity index (χ4v) is 5.60. The van der Waals surface area contributed by atoms with Crippen molar-refractivity contribution in [1.82, 2.24) is 9.88 Å². The van der Waals surface area contributed by atoms with E-state index in [0.717, 1.165) is 79.5 Å². The summed E-state index contributed by atoms with van der Waals surface area (Å²) in [7, 11) is 1.62. The molecule has 0 unspecified atom stereocenters. The number of unbranched alkanes of at least 4 members (excludes halogenated alkanes) is 1. The molecule has 0 spiro atoms. The van der Waals surface area contributed by atoms with E-state index in [-0.39, 0.29) is 24.1 Å². The van der Waals surface area contributed by atoms with E-state index in [1.165, 1.54) is 12.1 Å². The molecule has 1 aliphatic heterocycles. The van der Waals surface area contributed by atoms with E-state index < -0.39 is 12.1 Å². The fourth-order valence-electron chi connectivity index (χ4n) is 5.60. The highest BCUT2D eigenvalue weighted by Crippen LogP contribution is 2.35. The topological polar surface area (TPSA) is 82.9 Å². The highest BCUT2D eigenvalue weighted by atomic mass is 19.1. The van der Waals surface area contributed by atoms with E-state index in [0.29, 0.717) is 6.42 Å². The molecule has 0 amide bonds. The third-order valence-corrected chi connectivity index (χ3v) is 7.67. The molecule has 198 valence electrons. The standard InChI is InChI=1S/C30H37FN2O4/c1-37-25-10-11-28-27(19-25)26(13-15-32-28)29(34)12-7-22-14-17-33(20-23(22)18-30(35)36)16-3-2-4-21-5-8-24(31)9-6-21/h5-6,8-11,13,15,19,22-23,29,34H,2-4,7,12,14,16-18,20H2,1H3,(H,35,36)/t22-,23+,29+/m1/s1. The number of pyridine rings is 1. The summed E-state index contributed by atoms with van der Waals surface area (Å²) in [5.41, 5.74) is 2.79. The van der Waals surface area contributed by atoms with Crippen molar-refractivity contribution < 1.29 is 24.1 Å². The van der Waals surface area contributed by atoms with Crippen LogP contribution in [-0.2, 0) is 11.2 Å². The van der Waals surface area contributed by atoms with Crippen molar-refractivity contribution in [1.29, 1.82) is 0 Å². The van der Waals surface area contributed by atoms with Crippen LogP contribution in [0.5, 0.6) is 5.75 Å². The lowest BCUT2D eigenvalue weighted by atomic mass is 9.79. The number of nitrogens with zero attached hydrogens (tertiary/aromatic N) is 2. The number of hydrogen-bond acceptors (Lipinski definition) is 5. The number of carbonyl (C=O) groups is 1. The second kappa shape index (κ2) is 13.0. The van der Waals surface area contributed by atoms with Gasteiger partial charge < -0.3 is 19.8 Å². The second-order valence-corrected chi connectivity index (χ2v) is 10.2. The molecule has 4 rings (SSSR count). The highest BCUT2D eigenvalue weighted by Gasteiger charge is 2.31. The number of piperidine rings is 1. The monoisotopic (exact) mass is 508 g/mol. The molecule has 7 heteroatoms. The molecule has 3 atom stereocenters. The number of ether oxygens (including phenoxy) is 1. The summed E-state index contributed by atoms with van der Waals surface area (Å²) in [6.07, 6.45) is 6.49. The van der Waals surface area contributed by atoms with Gasteiger partial charge in [0.05, 0.1) is 18.7 Å². The lowest BCUT2D eigenvalue weighted by Gasteiger charge is -2.38. The van der Waals surface area contributed by atoms with Crippen LogP contribution in [0.15, 0.2) is 54.7 Å². The van der Waals surface area contributed by atoms with Gasteiger partial charge in [-0.3, -0.25) is 9.78 Å². The normalized spacial score (nSPS) is 19.1. The smallest absolute Gasteiger partial charge is 0.303 e. The van der Waals surface area contributed by atoms with Crippen LogP contribution in [0.3, 0.4) is 0 Å². The van der Waals surface area contributed by atoms with Crippen molar-refractivity contribution in [3.8, 4) is 5.75 Å². The number of carboxylic acid groups (broad SMARTS) is 1. The summed E-state index contributed by atoms with van der Waals surface area (Å²) < 4.78 is 18.4. The van der Waals surface area contributed by atoms with Crippen LogP contribution < -0.4 is 4.74 Å². The summed E-state index contributed by atoms with van der Waals surface area (Å²) in [5, 5.41) is 21.5. The number of aliphatic hydroxyl groups excluding tert-OH is 1. The number of aromatic nitrogens is 1. The Hall–Kier alpha value is -3.03. The van der Waals surface area contributed by atoms with Crippen LogP contribution in [0.25, 0.3) is 10.9 Å². The maximum Gasteiger partial charge on any atom is 0.303 e. The highest BCUT2D eigenvalue weighted by molar-refractivity contribution is 5.83. The zero-order valence-corrected chi connectivity index (χ0v) is 21.5. The van der Waals surface area contributed by atoms with Gasteiger partial charge in [0, 0.05) is 24.5 Å². The minimum atomic E-state index is -0.763. The largest absolute Gasteiger partial charge is 0.497 e. The van der Waals surface area contributed by atoms with Crippen LogP contribution in [0, 0.1) is 17.7 Å². The van der Waals surface area contributed by atoms with E-state index in [2.05, 4.69) is 9.88 Å². The van der Waals surface area contributed by atoms with Crippen molar-refractivity contribution in [2.24, 2.45) is 11.8 Å². The fraction of sp³-hybridized carbons (Fsp3) is 0.467. The molecule has 37 heavy (non-hydrogen) atoms. The maximum atomic E-state index is 13.1. The molecule has 0 aliphatic carbocycles. The minimum Gasteiger partial charge on any atom is -0.497 e. The molecular formula is C30H37FN2O4. The average Bonchev–Trinajstić information content (AvgIpc) is 2.90. The number of fused-ring (bicyclic) bond motifs is 1. The molecule has 0 radical (unpaired) electrons. The molecule has 1 fully saturated rings. The molecule has 1 saturated heterocycles. The predicted molar refractivity (Wildman–Crippen MR) is 142 cm³/mol. The van der Waals surface area contributed by atoms with Gasteiger partial charge >= 0.3 is 5.97 Å². The Balaban J connectivity index is 1.30. The van der Waals surface area contributed by atoms with Crippen LogP contribution in [0.4, 0.5) is 4.39 Å². The molecule has 1 aromatic heterocycles. The van der Waals surface area contributed by atoms with Gasteiger partial charge in [0.2, 0.25) is 0 Å². The van der Waals surface area contributed by atoms with Crippen LogP contribution in [-0.4, -0.2) is 52.8 Å². The first-order chi connectivity index (χ1) is 17.9. The number of likely N-dealkylation sites (tertiary alicyclic amines) is 1. The molecule has 6 nitrogen and oxygen atoms in total. The van der Waals surface area contributed by atoms with Crippen LogP contribution in [0.2, 0.25) is 0 Å². The molecule has 2 aromatic carbocycles. The van der Waals surface area contributed by atoms with Crippen molar-refractivity contribution in [3.63, 3.8) is 0 Å². The Morgan fingerprint density at radius 2 is 1.97 bits per heavy atom. The minimum absolute atomic E-state index is 0.0739. The number of aliphatic hydroxyl groups is 1. The number of aliphatic carboxylic acids is 1. The number of halogens is 1. The number of rotatable bonds is 12. The van der Waals surface area contributed by atoms with Crippen LogP contribution in [0.1, 0.15) is 55.8 Å². The van der Waals surface area contributed by atoms with Gasteiger partial charge in [-0.05, 0) is 111 Å². The van der Waals surface area contributed by atoms with Crippen LogP contribution >= 0.6 is 0 Å². The van der Waals surface area contributed by atoms with Crippen molar-refractivity contribution in [2.45, 2.75) is 51.0 Å². The molecule has 0 bridgehead atoms. The summed E-state index contributed by atoms with van der Waals surface area (Å²) in [6, 6.07) is 14.2. The molecule has 2 N–H and O–H groups in total. The third kappa shape index (κ3) is 7.49. The van der Waals surface area contributed by atoms with E-state index in [9.17, 15) is 19.4 Å². The van der Waals surface area contributed by atoms with Crippen molar-refractivity contribution in [3.05, 3.63) is 71.7 Å². The summed E-state index contributed by atoms with van der Waals surface area (Å²) >= 11 is 0. The van der Waals surface area contributed by atoms with E-state index >= 15 is 0 Å². The van der Waals surface area contributed by atoms with Gasteiger partial charge in [0.15, 0.2) is 0 Å². The number of aryl methyl sites for hydroxylation is 1. The van der Waals surface area contributed by atoms with E-state index in [1.807, 2.05) is 36.4 Å². The zero-order chi connectivity index (χ0) is 26.2. The van der Waals surface area contributed by atoms with Gasteiger partial charge in [0.1, 0.15) is 11.6 Å². The quantitative estimate of drug-likeness (QED) is 0.309. The Morgan fingerprint density at radius 3 is 2.73 bits per heavy atom. The van der Waals surface area contributed by atoms with Crippen molar-refractivity contribution in [2.75, 3.05) is 26.7 Å². The van der Waals surface area contributed by atoms with E-state index in [1.54, 1.807) is 13.3 Å². The number of methoxy groups -OCH3 is 1. The average molecular weight is 509 g/mol. The third-order valence-electron chi connectivity index (χ3n) is 7.67. The SMILES string of the molecule is COc1ccc2nccc([C@@H](O)CC[C@@H]3CCN(CCCCc4ccc(F)cc4)C[C@@H]3CC(=O)O)c2c1. The van der Waals surface area contributed by atoms with Gasteiger partial charge in [-0.1, -0.05) is 12.1 Å². The molecule has 1 aliphatic rings. The Kier molecular flexibility index (Phi) is 9.47. The Labute approximate surface area is 218 Å². The van der Waals surface area contributed by atoms with Gasteiger partial charge in [-0.25, -0.2) is 4.39 Å². The summed E-state index contributed by atoms with van der Waals surface area (Å²) in [4.78, 5) is 18.4. The molecule has 2 heterocycles. The number of benzene rings is 2. The first-order valence-corrected chi connectivity index (χ1v) is 13.2. The first kappa shape index (κ1) is 27.0. The van der Waals surface area contributed by atoms with Gasteiger partial charge in [0.25, 0.3) is 0 Å². The lowest BCUT2D eigenvalue weighted by molar-refractivity contribution is -0.139. The van der Waals surface area contributed by atoms with Gasteiger partial charge in [-0.2, -0.15) is 0 Å². The van der Waals surface area contributed by atoms with E-state index in [4.69, 9.17) is 4.74 Å². The summed E-state index contributed by atoms with van der Waals surface area (Å²) in [6.45, 7) is 2.67. The first-order valence-electron chi connectivity index (χ1n) is 13.2. The maximum absolute atomic E-state index is 13.1. The zero-order valence-electron chi connectivity index (χ0n) is 21.5. The van der Waals surface area contributed by atoms with Crippen molar-refractivity contribution >= 4 is 16.9 Å². The Morgan fingerprint density at radius 1 is 1.16 bits per heavy atom.